The summed E-state index contributed by atoms with van der Waals surface area (Å²) in [6.07, 6.45) is 2.76. The summed E-state index contributed by atoms with van der Waals surface area (Å²) in [4.78, 5) is 2.48. The molecule has 3 unspecified atom stereocenters. The summed E-state index contributed by atoms with van der Waals surface area (Å²) in [6.45, 7) is 3.35. The van der Waals surface area contributed by atoms with E-state index >= 15 is 0 Å². The molecule has 0 amide bonds. The van der Waals surface area contributed by atoms with Gasteiger partial charge >= 0.3 is 0 Å². The van der Waals surface area contributed by atoms with Crippen molar-refractivity contribution in [1.29, 1.82) is 0 Å². The standard InChI is InChI=1S/C16H18FN3OS2/c17-13-5-3-11(4-6-13)10-22-16-15(18-23-19-16)21-14-9-20-7-1-2-12(14)8-20/h3-6,12,14H,1-2,7-10H2. The summed E-state index contributed by atoms with van der Waals surface area (Å²) in [7, 11) is 0. The Morgan fingerprint density at radius 2 is 2.13 bits per heavy atom. The predicted octanol–water partition coefficient (Wildman–Crippen LogP) is 3.44. The molecule has 2 bridgehead atoms. The Morgan fingerprint density at radius 3 is 2.96 bits per heavy atom. The van der Waals surface area contributed by atoms with Crippen LogP contribution >= 0.6 is 23.5 Å². The van der Waals surface area contributed by atoms with Gasteiger partial charge in [0.15, 0.2) is 5.03 Å². The van der Waals surface area contributed by atoms with Crippen molar-refractivity contribution in [3.63, 3.8) is 0 Å². The smallest absolute Gasteiger partial charge is 0.260 e. The normalized spacial score (nSPS) is 26.4. The van der Waals surface area contributed by atoms with E-state index < -0.39 is 0 Å². The molecule has 2 fully saturated rings. The van der Waals surface area contributed by atoms with Gasteiger partial charge in [-0.15, -0.1) is 4.37 Å². The third-order valence-electron chi connectivity index (χ3n) is 4.49. The molecule has 2 aromatic rings. The fourth-order valence-corrected chi connectivity index (χ4v) is 4.78. The van der Waals surface area contributed by atoms with Gasteiger partial charge in [-0.2, -0.15) is 4.37 Å². The maximum Gasteiger partial charge on any atom is 0.260 e. The van der Waals surface area contributed by atoms with Crippen molar-refractivity contribution < 1.29 is 9.13 Å². The van der Waals surface area contributed by atoms with Gasteiger partial charge in [-0.3, -0.25) is 4.90 Å². The minimum atomic E-state index is -0.208. The topological polar surface area (TPSA) is 38.3 Å². The number of rotatable bonds is 5. The Labute approximate surface area is 143 Å². The maximum atomic E-state index is 12.9. The van der Waals surface area contributed by atoms with Crippen molar-refractivity contribution in [3.05, 3.63) is 35.6 Å². The van der Waals surface area contributed by atoms with Gasteiger partial charge < -0.3 is 4.74 Å². The summed E-state index contributed by atoms with van der Waals surface area (Å²) < 4.78 is 27.8. The molecule has 2 aliphatic rings. The van der Waals surface area contributed by atoms with Crippen LogP contribution in [-0.4, -0.2) is 39.4 Å². The summed E-state index contributed by atoms with van der Waals surface area (Å²) >= 11 is 2.79. The van der Waals surface area contributed by atoms with E-state index in [0.29, 0.717) is 11.8 Å². The van der Waals surface area contributed by atoms with Gasteiger partial charge in [0.05, 0.1) is 11.7 Å². The van der Waals surface area contributed by atoms with E-state index in [0.717, 1.165) is 29.4 Å². The molecule has 7 heteroatoms. The number of fused-ring (bicyclic) bond motifs is 2. The van der Waals surface area contributed by atoms with Crippen molar-refractivity contribution in [1.82, 2.24) is 13.6 Å². The molecule has 0 radical (unpaired) electrons. The van der Waals surface area contributed by atoms with Crippen molar-refractivity contribution >= 4 is 23.5 Å². The lowest BCUT2D eigenvalue weighted by Crippen LogP contribution is -2.26. The lowest BCUT2D eigenvalue weighted by atomic mass is 9.99. The van der Waals surface area contributed by atoms with Crippen LogP contribution in [0.3, 0.4) is 0 Å². The highest BCUT2D eigenvalue weighted by molar-refractivity contribution is 7.98. The van der Waals surface area contributed by atoms with Gasteiger partial charge in [0.2, 0.25) is 0 Å². The van der Waals surface area contributed by atoms with Gasteiger partial charge in [0.25, 0.3) is 5.88 Å². The molecule has 1 aromatic heterocycles. The van der Waals surface area contributed by atoms with E-state index in [9.17, 15) is 4.39 Å². The number of nitrogens with zero attached hydrogens (tertiary/aromatic N) is 3. The first-order valence-electron chi connectivity index (χ1n) is 7.87. The summed E-state index contributed by atoms with van der Waals surface area (Å²) in [5.74, 6) is 1.82. The van der Waals surface area contributed by atoms with E-state index in [1.54, 1.807) is 23.9 Å². The lowest BCUT2D eigenvalue weighted by molar-refractivity contribution is 0.160. The monoisotopic (exact) mass is 351 g/mol. The van der Waals surface area contributed by atoms with E-state index in [1.807, 2.05) is 0 Å². The number of hydrogen-bond donors (Lipinski definition) is 0. The van der Waals surface area contributed by atoms with Gasteiger partial charge in [0.1, 0.15) is 11.9 Å². The van der Waals surface area contributed by atoms with Crippen LogP contribution in [0.1, 0.15) is 18.4 Å². The average molecular weight is 351 g/mol. The molecule has 2 aliphatic heterocycles. The number of piperidine rings is 1. The molecule has 1 aromatic carbocycles. The van der Waals surface area contributed by atoms with Crippen LogP contribution in [0.25, 0.3) is 0 Å². The Bertz CT molecular complexity index is 664. The second-order valence-corrected chi connectivity index (χ2v) is 7.60. The molecule has 4 nitrogen and oxygen atoms in total. The Morgan fingerprint density at radius 1 is 1.26 bits per heavy atom. The van der Waals surface area contributed by atoms with E-state index in [4.69, 9.17) is 4.74 Å². The average Bonchev–Trinajstić information content (AvgIpc) is 3.11. The molecule has 2 saturated heterocycles. The Kier molecular flexibility index (Phi) is 4.50. The SMILES string of the molecule is Fc1ccc(CSc2nsnc2OC2CN3CCCC2C3)cc1. The third kappa shape index (κ3) is 3.51. The van der Waals surface area contributed by atoms with Crippen LogP contribution in [0.2, 0.25) is 0 Å². The number of ether oxygens (including phenoxy) is 1. The fraction of sp³-hybridized carbons (Fsp3) is 0.500. The molecule has 0 saturated carbocycles. The van der Waals surface area contributed by atoms with Crippen LogP contribution in [-0.2, 0) is 5.75 Å². The second kappa shape index (κ2) is 6.75. The first-order chi connectivity index (χ1) is 11.3. The predicted molar refractivity (Wildman–Crippen MR) is 89.5 cm³/mol. The molecule has 23 heavy (non-hydrogen) atoms. The highest BCUT2D eigenvalue weighted by atomic mass is 32.2. The van der Waals surface area contributed by atoms with Crippen molar-refractivity contribution in [2.45, 2.75) is 29.7 Å². The van der Waals surface area contributed by atoms with Crippen LogP contribution in [0, 0.1) is 11.7 Å². The molecular formula is C16H18FN3OS2. The highest BCUT2D eigenvalue weighted by Gasteiger charge is 2.37. The fourth-order valence-electron chi connectivity index (χ4n) is 3.31. The maximum absolute atomic E-state index is 12.9. The highest BCUT2D eigenvalue weighted by Crippen LogP contribution is 2.34. The van der Waals surface area contributed by atoms with Crippen LogP contribution in [0.4, 0.5) is 4.39 Å². The van der Waals surface area contributed by atoms with Crippen molar-refractivity contribution in [3.8, 4) is 5.88 Å². The molecular weight excluding hydrogens is 333 g/mol. The number of thioether (sulfide) groups is 1. The minimum absolute atomic E-state index is 0.208. The summed E-state index contributed by atoms with van der Waals surface area (Å²) in [5, 5.41) is 0.843. The Hall–Kier alpha value is -1.18. The summed E-state index contributed by atoms with van der Waals surface area (Å²) in [6, 6.07) is 6.58. The van der Waals surface area contributed by atoms with E-state index in [2.05, 4.69) is 13.6 Å². The first kappa shape index (κ1) is 15.4. The first-order valence-corrected chi connectivity index (χ1v) is 9.58. The van der Waals surface area contributed by atoms with Crippen LogP contribution < -0.4 is 4.74 Å². The molecule has 0 aliphatic carbocycles. The second-order valence-electron chi connectivity index (χ2n) is 6.11. The van der Waals surface area contributed by atoms with Gasteiger partial charge in [-0.25, -0.2) is 4.39 Å². The van der Waals surface area contributed by atoms with E-state index in [-0.39, 0.29) is 11.9 Å². The van der Waals surface area contributed by atoms with Gasteiger partial charge in [-0.05, 0) is 37.1 Å². The van der Waals surface area contributed by atoms with Crippen molar-refractivity contribution in [2.75, 3.05) is 19.6 Å². The minimum Gasteiger partial charge on any atom is -0.470 e. The largest absolute Gasteiger partial charge is 0.470 e. The zero-order valence-electron chi connectivity index (χ0n) is 12.7. The Balaban J connectivity index is 1.39. The van der Waals surface area contributed by atoms with Crippen LogP contribution in [0.15, 0.2) is 29.3 Å². The zero-order chi connectivity index (χ0) is 15.6. The third-order valence-corrected chi connectivity index (χ3v) is 6.13. The number of aromatic nitrogens is 2. The molecule has 3 atom stereocenters. The van der Waals surface area contributed by atoms with Gasteiger partial charge in [-0.1, -0.05) is 23.9 Å². The number of benzene rings is 1. The molecule has 122 valence electrons. The quantitative estimate of drug-likeness (QED) is 0.772. The van der Waals surface area contributed by atoms with Gasteiger partial charge in [0, 0.05) is 24.8 Å². The summed E-state index contributed by atoms with van der Waals surface area (Å²) in [5.41, 5.74) is 1.07. The van der Waals surface area contributed by atoms with E-state index in [1.165, 1.54) is 43.2 Å². The van der Waals surface area contributed by atoms with Crippen LogP contribution in [0.5, 0.6) is 5.88 Å². The number of hydrogen-bond acceptors (Lipinski definition) is 6. The number of halogens is 1. The van der Waals surface area contributed by atoms with Crippen molar-refractivity contribution in [2.24, 2.45) is 5.92 Å². The molecule has 0 spiro atoms. The lowest BCUT2D eigenvalue weighted by Gasteiger charge is -2.21. The zero-order valence-corrected chi connectivity index (χ0v) is 14.3. The molecule has 0 N–H and O–H groups in total. The molecule has 3 heterocycles. The molecule has 4 rings (SSSR count).